The second-order valence-corrected chi connectivity index (χ2v) is 8.01. The highest BCUT2D eigenvalue weighted by atomic mass is 16.1. The van der Waals surface area contributed by atoms with Crippen LogP contribution >= 0.6 is 0 Å². The van der Waals surface area contributed by atoms with Crippen molar-refractivity contribution in [3.8, 4) is 0 Å². The van der Waals surface area contributed by atoms with Crippen molar-refractivity contribution >= 4 is 5.82 Å². The lowest BCUT2D eigenvalue weighted by atomic mass is 9.96. The smallest absolute Gasteiger partial charge is 0.266 e. The first-order chi connectivity index (χ1) is 12.8. The van der Waals surface area contributed by atoms with Gasteiger partial charge in [-0.15, -0.1) is 5.10 Å². The molecule has 0 radical (unpaired) electrons. The van der Waals surface area contributed by atoms with Crippen LogP contribution in [0.1, 0.15) is 55.0 Å². The number of rotatable bonds is 4. The number of aryl methyl sites for hydroxylation is 2. The first-order valence-electron chi connectivity index (χ1n) is 9.95. The largest absolute Gasteiger partial charge is 0.355 e. The summed E-state index contributed by atoms with van der Waals surface area (Å²) in [5.41, 5.74) is 3.69. The van der Waals surface area contributed by atoms with E-state index in [-0.39, 0.29) is 5.56 Å². The summed E-state index contributed by atoms with van der Waals surface area (Å²) in [5.74, 6) is 2.12. The van der Waals surface area contributed by atoms with E-state index in [1.807, 2.05) is 6.07 Å². The Hall–Kier alpha value is -2.24. The van der Waals surface area contributed by atoms with Gasteiger partial charge in [0.1, 0.15) is 0 Å². The molecule has 2 fully saturated rings. The van der Waals surface area contributed by atoms with Crippen molar-refractivity contribution in [2.75, 3.05) is 18.0 Å². The predicted octanol–water partition coefficient (Wildman–Crippen LogP) is 2.32. The van der Waals surface area contributed by atoms with Crippen LogP contribution in [0.2, 0.25) is 0 Å². The Kier molecular flexibility index (Phi) is 3.98. The van der Waals surface area contributed by atoms with Crippen molar-refractivity contribution in [3.63, 3.8) is 0 Å². The molecule has 2 aromatic rings. The maximum atomic E-state index is 12.2. The number of hydrogen-bond acceptors (Lipinski definition) is 5. The van der Waals surface area contributed by atoms with Gasteiger partial charge in [0.15, 0.2) is 5.82 Å². The summed E-state index contributed by atoms with van der Waals surface area (Å²) in [5, 5.41) is 13.5. The molecule has 6 heteroatoms. The quantitative estimate of drug-likeness (QED) is 0.846. The summed E-state index contributed by atoms with van der Waals surface area (Å²) in [4.78, 5) is 14.5. The maximum absolute atomic E-state index is 12.2. The van der Waals surface area contributed by atoms with Gasteiger partial charge in [0, 0.05) is 31.6 Å². The number of anilines is 1. The van der Waals surface area contributed by atoms with E-state index >= 15 is 0 Å². The Morgan fingerprint density at radius 1 is 1.04 bits per heavy atom. The molecule has 26 heavy (non-hydrogen) atoms. The van der Waals surface area contributed by atoms with Gasteiger partial charge in [0.25, 0.3) is 5.56 Å². The molecule has 1 saturated carbocycles. The van der Waals surface area contributed by atoms with Crippen LogP contribution in [0.15, 0.2) is 23.0 Å². The summed E-state index contributed by atoms with van der Waals surface area (Å²) in [6, 6.07) is 5.84. The van der Waals surface area contributed by atoms with Crippen LogP contribution in [-0.4, -0.2) is 33.1 Å². The fraction of sp³-hybridized carbons (Fsp3) is 0.600. The zero-order valence-corrected chi connectivity index (χ0v) is 15.1. The van der Waals surface area contributed by atoms with Crippen molar-refractivity contribution in [3.05, 3.63) is 45.5 Å². The fourth-order valence-electron chi connectivity index (χ4n) is 4.25. The molecule has 6 nitrogen and oxygen atoms in total. The van der Waals surface area contributed by atoms with E-state index in [1.54, 1.807) is 10.7 Å². The van der Waals surface area contributed by atoms with Gasteiger partial charge in [-0.3, -0.25) is 4.79 Å². The van der Waals surface area contributed by atoms with E-state index in [0.717, 1.165) is 56.8 Å². The van der Waals surface area contributed by atoms with E-state index in [9.17, 15) is 4.79 Å². The number of piperidine rings is 1. The highest BCUT2D eigenvalue weighted by Gasteiger charge is 2.27. The van der Waals surface area contributed by atoms with E-state index in [4.69, 9.17) is 0 Å². The molecule has 0 unspecified atom stereocenters. The second-order valence-electron chi connectivity index (χ2n) is 8.01. The SMILES string of the molecule is O=c1ccc(C2CC2)nn1CC1CCN(c2cc3c(nn2)CCC3)CC1. The summed E-state index contributed by atoms with van der Waals surface area (Å²) in [7, 11) is 0. The van der Waals surface area contributed by atoms with Crippen LogP contribution in [0.5, 0.6) is 0 Å². The summed E-state index contributed by atoms with van der Waals surface area (Å²) in [6.07, 6.45) is 7.99. The molecule has 1 saturated heterocycles. The standard InChI is InChI=1S/C20H25N5O/c26-20-7-6-18(15-4-5-15)23-25(20)13-14-8-10-24(11-9-14)19-12-16-2-1-3-17(16)21-22-19/h6-7,12,14-15H,1-5,8-11,13H2. The minimum absolute atomic E-state index is 0.0290. The molecule has 3 heterocycles. The Morgan fingerprint density at radius 2 is 1.88 bits per heavy atom. The first kappa shape index (κ1) is 16.0. The number of fused-ring (bicyclic) bond motifs is 1. The summed E-state index contributed by atoms with van der Waals surface area (Å²) < 4.78 is 1.70. The van der Waals surface area contributed by atoms with Gasteiger partial charge in [-0.1, -0.05) is 0 Å². The molecule has 5 rings (SSSR count). The predicted molar refractivity (Wildman–Crippen MR) is 99.5 cm³/mol. The van der Waals surface area contributed by atoms with Gasteiger partial charge in [-0.25, -0.2) is 4.68 Å². The van der Waals surface area contributed by atoms with E-state index in [1.165, 1.54) is 30.5 Å². The molecule has 2 aromatic heterocycles. The maximum Gasteiger partial charge on any atom is 0.266 e. The lowest BCUT2D eigenvalue weighted by Gasteiger charge is -2.32. The third-order valence-electron chi connectivity index (χ3n) is 6.06. The van der Waals surface area contributed by atoms with Crippen LogP contribution in [-0.2, 0) is 19.4 Å². The lowest BCUT2D eigenvalue weighted by Crippen LogP contribution is -2.37. The van der Waals surface area contributed by atoms with Crippen LogP contribution < -0.4 is 10.5 Å². The Bertz CT molecular complexity index is 865. The zero-order chi connectivity index (χ0) is 17.5. The Morgan fingerprint density at radius 3 is 2.69 bits per heavy atom. The number of hydrogen-bond donors (Lipinski definition) is 0. The fourth-order valence-corrected chi connectivity index (χ4v) is 4.25. The van der Waals surface area contributed by atoms with Crippen molar-refractivity contribution in [1.29, 1.82) is 0 Å². The number of aromatic nitrogens is 4. The highest BCUT2D eigenvalue weighted by Crippen LogP contribution is 2.38. The average Bonchev–Trinajstić information content (AvgIpc) is 3.41. The molecule has 0 aromatic carbocycles. The van der Waals surface area contributed by atoms with Crippen LogP contribution in [0.3, 0.4) is 0 Å². The van der Waals surface area contributed by atoms with Gasteiger partial charge < -0.3 is 4.90 Å². The highest BCUT2D eigenvalue weighted by molar-refractivity contribution is 5.43. The van der Waals surface area contributed by atoms with Crippen molar-refractivity contribution < 1.29 is 0 Å². The zero-order valence-electron chi connectivity index (χ0n) is 15.1. The minimum Gasteiger partial charge on any atom is -0.355 e. The lowest BCUT2D eigenvalue weighted by molar-refractivity contribution is 0.332. The average molecular weight is 351 g/mol. The number of nitrogens with zero attached hydrogens (tertiary/aromatic N) is 5. The molecule has 1 aliphatic heterocycles. The molecule has 0 N–H and O–H groups in total. The molecule has 136 valence electrons. The van der Waals surface area contributed by atoms with Crippen LogP contribution in [0.25, 0.3) is 0 Å². The van der Waals surface area contributed by atoms with Gasteiger partial charge in [-0.2, -0.15) is 10.2 Å². The Labute approximate surface area is 153 Å². The molecule has 0 amide bonds. The molecule has 0 spiro atoms. The van der Waals surface area contributed by atoms with E-state index < -0.39 is 0 Å². The van der Waals surface area contributed by atoms with E-state index in [0.29, 0.717) is 11.8 Å². The molecule has 0 bridgehead atoms. The third-order valence-corrected chi connectivity index (χ3v) is 6.06. The topological polar surface area (TPSA) is 63.9 Å². The molecular weight excluding hydrogens is 326 g/mol. The Balaban J connectivity index is 1.23. The minimum atomic E-state index is 0.0290. The van der Waals surface area contributed by atoms with Crippen LogP contribution in [0, 0.1) is 5.92 Å². The normalized spacial score (nSPS) is 20.4. The molecule has 0 atom stereocenters. The van der Waals surface area contributed by atoms with Gasteiger partial charge in [-0.05, 0) is 68.6 Å². The summed E-state index contributed by atoms with van der Waals surface area (Å²) >= 11 is 0. The van der Waals surface area contributed by atoms with Crippen molar-refractivity contribution in [2.24, 2.45) is 5.92 Å². The molecule has 3 aliphatic rings. The van der Waals surface area contributed by atoms with Crippen LogP contribution in [0.4, 0.5) is 5.82 Å². The third kappa shape index (κ3) is 3.13. The molecular formula is C20H25N5O. The van der Waals surface area contributed by atoms with Crippen molar-refractivity contribution in [1.82, 2.24) is 20.0 Å². The monoisotopic (exact) mass is 351 g/mol. The molecule has 2 aliphatic carbocycles. The van der Waals surface area contributed by atoms with Gasteiger partial charge >= 0.3 is 0 Å². The van der Waals surface area contributed by atoms with Gasteiger partial charge in [0.2, 0.25) is 0 Å². The van der Waals surface area contributed by atoms with Crippen molar-refractivity contribution in [2.45, 2.75) is 57.4 Å². The second kappa shape index (κ2) is 6.49. The van der Waals surface area contributed by atoms with Gasteiger partial charge in [0.05, 0.1) is 11.4 Å². The first-order valence-corrected chi connectivity index (χ1v) is 9.95. The summed E-state index contributed by atoms with van der Waals surface area (Å²) in [6.45, 7) is 2.70. The van der Waals surface area contributed by atoms with E-state index in [2.05, 4.69) is 26.3 Å².